The third kappa shape index (κ3) is 3.21. The average Bonchev–Trinajstić information content (AvgIpc) is 1.99. The van der Waals surface area contributed by atoms with Crippen LogP contribution in [0.2, 0.25) is 0 Å². The van der Waals surface area contributed by atoms with E-state index in [1.54, 1.807) is 4.90 Å². The van der Waals surface area contributed by atoms with Gasteiger partial charge < -0.3 is 5.32 Å². The number of piperidine rings is 1. The number of nitrogens with one attached hydrogen (secondary N) is 1. The minimum absolute atomic E-state index is 0.195. The molecule has 82 valence electrons. The fraction of sp³-hybridized carbons (Fsp3) is 0.889. The lowest BCUT2D eigenvalue weighted by atomic mass is 10.0. The Balaban J connectivity index is 2.56. The summed E-state index contributed by atoms with van der Waals surface area (Å²) in [5.41, 5.74) is 0. The van der Waals surface area contributed by atoms with Crippen LogP contribution in [-0.2, 0) is 4.79 Å². The van der Waals surface area contributed by atoms with Crippen molar-refractivity contribution in [2.24, 2.45) is 0 Å². The van der Waals surface area contributed by atoms with Crippen LogP contribution in [0.15, 0.2) is 0 Å². The molecule has 1 N–H and O–H groups in total. The number of carbonyl (C=O) groups is 1. The van der Waals surface area contributed by atoms with Crippen LogP contribution >= 0.6 is 0 Å². The second-order valence-electron chi connectivity index (χ2n) is 3.79. The first-order valence-electron chi connectivity index (χ1n) is 4.80. The van der Waals surface area contributed by atoms with Crippen LogP contribution < -0.4 is 5.32 Å². The highest BCUT2D eigenvalue weighted by Gasteiger charge is 2.39. The molecule has 1 fully saturated rings. The lowest BCUT2D eigenvalue weighted by Gasteiger charge is -2.37. The fourth-order valence-corrected chi connectivity index (χ4v) is 1.82. The minimum Gasteiger partial charge on any atom is -0.352 e. The lowest BCUT2D eigenvalue weighted by Crippen LogP contribution is -2.54. The number of amides is 1. The van der Waals surface area contributed by atoms with Crippen molar-refractivity contribution in [3.63, 3.8) is 0 Å². The molecule has 0 bridgehead atoms. The first kappa shape index (κ1) is 11.4. The summed E-state index contributed by atoms with van der Waals surface area (Å²) < 4.78 is 26.3. The molecular formula is C9H16F2N2O. The Bertz CT molecular complexity index is 221. The van der Waals surface area contributed by atoms with Gasteiger partial charge >= 0.3 is 0 Å². The zero-order valence-corrected chi connectivity index (χ0v) is 8.52. The number of hydrogen-bond acceptors (Lipinski definition) is 2. The third-order valence-corrected chi connectivity index (χ3v) is 2.33. The number of halogens is 2. The average molecular weight is 206 g/mol. The Labute approximate surface area is 82.5 Å². The van der Waals surface area contributed by atoms with Crippen LogP contribution in [0.4, 0.5) is 8.78 Å². The van der Waals surface area contributed by atoms with Crippen LogP contribution in [0, 0.1) is 0 Å². The Morgan fingerprint density at radius 3 is 2.79 bits per heavy atom. The summed E-state index contributed by atoms with van der Waals surface area (Å²) in [4.78, 5) is 12.4. The SMILES string of the molecule is CCN1CC(NC(C)=O)CC(F)(F)C1. The van der Waals surface area contributed by atoms with Gasteiger partial charge in [-0.05, 0) is 6.54 Å². The predicted octanol–water partition coefficient (Wildman–Crippen LogP) is 0.852. The van der Waals surface area contributed by atoms with Crippen LogP contribution in [0.25, 0.3) is 0 Å². The van der Waals surface area contributed by atoms with Crippen LogP contribution in [-0.4, -0.2) is 42.4 Å². The van der Waals surface area contributed by atoms with E-state index in [-0.39, 0.29) is 18.9 Å². The van der Waals surface area contributed by atoms with Crippen LogP contribution in [0.3, 0.4) is 0 Å². The number of likely N-dealkylation sites (N-methyl/N-ethyl adjacent to an activating group) is 1. The van der Waals surface area contributed by atoms with Crippen molar-refractivity contribution < 1.29 is 13.6 Å². The third-order valence-electron chi connectivity index (χ3n) is 2.33. The summed E-state index contributed by atoms with van der Waals surface area (Å²) >= 11 is 0. The molecule has 1 atom stereocenters. The van der Waals surface area contributed by atoms with Gasteiger partial charge in [0.05, 0.1) is 6.54 Å². The van der Waals surface area contributed by atoms with E-state index in [0.717, 1.165) is 0 Å². The standard InChI is InChI=1S/C9H16F2N2O/c1-3-13-5-8(12-7(2)14)4-9(10,11)6-13/h8H,3-6H2,1-2H3,(H,12,14). The smallest absolute Gasteiger partial charge is 0.262 e. The second kappa shape index (κ2) is 4.21. The molecule has 0 aromatic rings. The van der Waals surface area contributed by atoms with Gasteiger partial charge in [-0.15, -0.1) is 0 Å². The zero-order valence-electron chi connectivity index (χ0n) is 8.52. The highest BCUT2D eigenvalue weighted by molar-refractivity contribution is 5.73. The molecule has 0 radical (unpaired) electrons. The Morgan fingerprint density at radius 2 is 2.29 bits per heavy atom. The van der Waals surface area contributed by atoms with Gasteiger partial charge in [-0.3, -0.25) is 9.69 Å². The molecule has 0 aromatic carbocycles. The normalized spacial score (nSPS) is 27.3. The van der Waals surface area contributed by atoms with Crippen molar-refractivity contribution in [1.82, 2.24) is 10.2 Å². The molecule has 0 spiro atoms. The van der Waals surface area contributed by atoms with Gasteiger partial charge in [-0.2, -0.15) is 0 Å². The molecule has 0 aromatic heterocycles. The molecule has 1 heterocycles. The maximum atomic E-state index is 13.1. The Hall–Kier alpha value is -0.710. The number of rotatable bonds is 2. The molecule has 1 aliphatic rings. The van der Waals surface area contributed by atoms with Crippen molar-refractivity contribution >= 4 is 5.91 Å². The zero-order chi connectivity index (χ0) is 10.8. The number of hydrogen-bond donors (Lipinski definition) is 1. The van der Waals surface area contributed by atoms with E-state index in [9.17, 15) is 13.6 Å². The van der Waals surface area contributed by atoms with Crippen molar-refractivity contribution in [3.8, 4) is 0 Å². The van der Waals surface area contributed by atoms with Gasteiger partial charge in [0, 0.05) is 25.9 Å². The van der Waals surface area contributed by atoms with E-state index < -0.39 is 12.0 Å². The highest BCUT2D eigenvalue weighted by Crippen LogP contribution is 2.26. The summed E-state index contributed by atoms with van der Waals surface area (Å²) in [7, 11) is 0. The van der Waals surface area contributed by atoms with Crippen LogP contribution in [0.1, 0.15) is 20.3 Å². The summed E-state index contributed by atoms with van der Waals surface area (Å²) in [6.07, 6.45) is -0.247. The van der Waals surface area contributed by atoms with E-state index in [2.05, 4.69) is 5.32 Å². The van der Waals surface area contributed by atoms with Gasteiger partial charge in [0.25, 0.3) is 5.92 Å². The van der Waals surface area contributed by atoms with Crippen molar-refractivity contribution in [1.29, 1.82) is 0 Å². The van der Waals surface area contributed by atoms with Crippen molar-refractivity contribution in [2.45, 2.75) is 32.2 Å². The van der Waals surface area contributed by atoms with E-state index in [1.807, 2.05) is 6.92 Å². The van der Waals surface area contributed by atoms with Crippen LogP contribution in [0.5, 0.6) is 0 Å². The number of nitrogens with zero attached hydrogens (tertiary/aromatic N) is 1. The van der Waals surface area contributed by atoms with Gasteiger partial charge in [0.1, 0.15) is 0 Å². The monoisotopic (exact) mass is 206 g/mol. The molecule has 3 nitrogen and oxygen atoms in total. The van der Waals surface area contributed by atoms with E-state index >= 15 is 0 Å². The second-order valence-corrected chi connectivity index (χ2v) is 3.79. The van der Waals surface area contributed by atoms with E-state index in [1.165, 1.54) is 6.92 Å². The molecule has 1 unspecified atom stereocenters. The molecule has 0 aliphatic carbocycles. The van der Waals surface area contributed by atoms with E-state index in [4.69, 9.17) is 0 Å². The summed E-state index contributed by atoms with van der Waals surface area (Å²) in [6.45, 7) is 4.10. The number of likely N-dealkylation sites (tertiary alicyclic amines) is 1. The maximum absolute atomic E-state index is 13.1. The minimum atomic E-state index is -2.68. The quantitative estimate of drug-likeness (QED) is 0.726. The molecule has 1 rings (SSSR count). The molecule has 0 saturated carbocycles. The number of alkyl halides is 2. The fourth-order valence-electron chi connectivity index (χ4n) is 1.82. The predicted molar refractivity (Wildman–Crippen MR) is 49.3 cm³/mol. The van der Waals surface area contributed by atoms with Gasteiger partial charge in [-0.25, -0.2) is 8.78 Å². The lowest BCUT2D eigenvalue weighted by molar-refractivity contribution is -0.122. The van der Waals surface area contributed by atoms with Gasteiger partial charge in [-0.1, -0.05) is 6.92 Å². The number of carbonyl (C=O) groups excluding carboxylic acids is 1. The summed E-state index contributed by atoms with van der Waals surface area (Å²) in [6, 6.07) is -0.420. The first-order valence-corrected chi connectivity index (χ1v) is 4.80. The Kier molecular flexibility index (Phi) is 3.42. The topological polar surface area (TPSA) is 32.3 Å². The molecule has 5 heteroatoms. The maximum Gasteiger partial charge on any atom is 0.262 e. The molecule has 1 amide bonds. The van der Waals surface area contributed by atoms with Gasteiger partial charge in [0.2, 0.25) is 5.91 Å². The molecule has 14 heavy (non-hydrogen) atoms. The summed E-state index contributed by atoms with van der Waals surface area (Å²) in [5, 5.41) is 2.54. The molecular weight excluding hydrogens is 190 g/mol. The molecule has 1 aliphatic heterocycles. The largest absolute Gasteiger partial charge is 0.352 e. The molecule has 1 saturated heterocycles. The Morgan fingerprint density at radius 1 is 1.64 bits per heavy atom. The van der Waals surface area contributed by atoms with E-state index in [0.29, 0.717) is 13.1 Å². The van der Waals surface area contributed by atoms with Crippen molar-refractivity contribution in [3.05, 3.63) is 0 Å². The van der Waals surface area contributed by atoms with Gasteiger partial charge in [0.15, 0.2) is 0 Å². The first-order chi connectivity index (χ1) is 6.43. The summed E-state index contributed by atoms with van der Waals surface area (Å²) in [5.74, 6) is -2.93. The highest BCUT2D eigenvalue weighted by atomic mass is 19.3. The van der Waals surface area contributed by atoms with Crippen molar-refractivity contribution in [2.75, 3.05) is 19.6 Å².